The van der Waals surface area contributed by atoms with Crippen LogP contribution in [0.2, 0.25) is 0 Å². The summed E-state index contributed by atoms with van der Waals surface area (Å²) in [5.74, 6) is 0.150. The summed E-state index contributed by atoms with van der Waals surface area (Å²) < 4.78 is 34.2. The van der Waals surface area contributed by atoms with Crippen molar-refractivity contribution in [3.05, 3.63) is 59.7 Å². The highest BCUT2D eigenvalue weighted by molar-refractivity contribution is 5.78. The van der Waals surface area contributed by atoms with E-state index in [9.17, 15) is 13.6 Å². The summed E-state index contributed by atoms with van der Waals surface area (Å²) in [6, 6.07) is 14.9. The van der Waals surface area contributed by atoms with Crippen molar-refractivity contribution in [2.45, 2.75) is 26.0 Å². The number of hydrogen-bond acceptors (Lipinski definition) is 4. The Morgan fingerprint density at radius 3 is 2.50 bits per heavy atom. The molecule has 28 heavy (non-hydrogen) atoms. The Kier molecular flexibility index (Phi) is 8.19. The van der Waals surface area contributed by atoms with Gasteiger partial charge in [0.05, 0.1) is 13.7 Å². The Morgan fingerprint density at radius 1 is 1.14 bits per heavy atom. The fourth-order valence-corrected chi connectivity index (χ4v) is 2.81. The zero-order valence-electron chi connectivity index (χ0n) is 16.3. The summed E-state index contributed by atoms with van der Waals surface area (Å²) >= 11 is 0. The summed E-state index contributed by atoms with van der Waals surface area (Å²) in [5, 5.41) is 2.88. The van der Waals surface area contributed by atoms with Gasteiger partial charge in [0.1, 0.15) is 0 Å². The maximum atomic E-state index is 12.4. The molecule has 2 aromatic rings. The number of methoxy groups -OCH3 is 1. The molecular weight excluding hydrogens is 366 g/mol. The average molecular weight is 392 g/mol. The molecule has 1 N–H and O–H groups in total. The number of halogens is 2. The number of hydrogen-bond donors (Lipinski definition) is 1. The predicted molar refractivity (Wildman–Crippen MR) is 104 cm³/mol. The Bertz CT molecular complexity index is 757. The summed E-state index contributed by atoms with van der Waals surface area (Å²) in [6.07, 6.45) is 0.551. The topological polar surface area (TPSA) is 50.8 Å². The molecule has 0 aliphatic rings. The predicted octanol–water partition coefficient (Wildman–Crippen LogP) is 3.65. The molecule has 7 heteroatoms. The standard InChI is InChI=1S/C21H26F2N2O3/c1-15(17-7-5-4-6-8-17)25(2)14-20(26)24-12-11-16-9-10-18(28-21(22)23)19(13-16)27-3/h4-10,13,15,21H,11-12,14H2,1-3H3,(H,24,26)/t15-/m0/s1. The van der Waals surface area contributed by atoms with Crippen LogP contribution < -0.4 is 14.8 Å². The molecule has 152 valence electrons. The van der Waals surface area contributed by atoms with Crippen LogP contribution in [-0.2, 0) is 11.2 Å². The first-order valence-corrected chi connectivity index (χ1v) is 9.04. The van der Waals surface area contributed by atoms with E-state index in [-0.39, 0.29) is 30.0 Å². The average Bonchev–Trinajstić information content (AvgIpc) is 2.68. The fraction of sp³-hybridized carbons (Fsp3) is 0.381. The number of nitrogens with zero attached hydrogens (tertiary/aromatic N) is 1. The zero-order chi connectivity index (χ0) is 20.5. The van der Waals surface area contributed by atoms with Gasteiger partial charge in [-0.1, -0.05) is 36.4 Å². The first-order valence-electron chi connectivity index (χ1n) is 9.04. The van der Waals surface area contributed by atoms with E-state index in [0.717, 1.165) is 11.1 Å². The molecule has 0 bridgehead atoms. The van der Waals surface area contributed by atoms with Crippen LogP contribution in [0.15, 0.2) is 48.5 Å². The van der Waals surface area contributed by atoms with E-state index in [2.05, 4.69) is 17.0 Å². The molecule has 1 amide bonds. The Morgan fingerprint density at radius 2 is 1.86 bits per heavy atom. The highest BCUT2D eigenvalue weighted by Crippen LogP contribution is 2.29. The quantitative estimate of drug-likeness (QED) is 0.671. The smallest absolute Gasteiger partial charge is 0.387 e. The highest BCUT2D eigenvalue weighted by atomic mass is 19.3. The van der Waals surface area contributed by atoms with E-state index in [1.54, 1.807) is 12.1 Å². The van der Waals surface area contributed by atoms with Crippen LogP contribution in [-0.4, -0.2) is 44.7 Å². The van der Waals surface area contributed by atoms with Gasteiger partial charge in [-0.25, -0.2) is 0 Å². The summed E-state index contributed by atoms with van der Waals surface area (Å²) in [7, 11) is 3.30. The molecule has 0 spiro atoms. The van der Waals surface area contributed by atoms with Crippen LogP contribution in [0.4, 0.5) is 8.78 Å². The van der Waals surface area contributed by atoms with Crippen LogP contribution in [0.1, 0.15) is 24.1 Å². The monoisotopic (exact) mass is 392 g/mol. The van der Waals surface area contributed by atoms with Crippen LogP contribution in [0, 0.1) is 0 Å². The lowest BCUT2D eigenvalue weighted by Crippen LogP contribution is -2.37. The van der Waals surface area contributed by atoms with Crippen LogP contribution >= 0.6 is 0 Å². The van der Waals surface area contributed by atoms with Crippen molar-refractivity contribution < 1.29 is 23.0 Å². The largest absolute Gasteiger partial charge is 0.493 e. The van der Waals surface area contributed by atoms with Gasteiger partial charge in [-0.3, -0.25) is 9.69 Å². The number of alkyl halides is 2. The minimum absolute atomic E-state index is 0.0122. The van der Waals surface area contributed by atoms with E-state index in [4.69, 9.17) is 4.74 Å². The van der Waals surface area contributed by atoms with Gasteiger partial charge in [0, 0.05) is 12.6 Å². The molecule has 0 aromatic heterocycles. The van der Waals surface area contributed by atoms with Gasteiger partial charge in [-0.15, -0.1) is 0 Å². The van der Waals surface area contributed by atoms with Crippen molar-refractivity contribution in [1.29, 1.82) is 0 Å². The third-order valence-electron chi connectivity index (χ3n) is 4.52. The van der Waals surface area contributed by atoms with Gasteiger partial charge in [0.2, 0.25) is 5.91 Å². The molecule has 0 fully saturated rings. The van der Waals surface area contributed by atoms with Gasteiger partial charge >= 0.3 is 6.61 Å². The number of benzene rings is 2. The lowest BCUT2D eigenvalue weighted by Gasteiger charge is -2.24. The number of amides is 1. The lowest BCUT2D eigenvalue weighted by atomic mass is 10.1. The molecule has 1 atom stereocenters. The molecule has 0 unspecified atom stereocenters. The summed E-state index contributed by atoms with van der Waals surface area (Å²) in [6.45, 7) is -0.141. The van der Waals surface area contributed by atoms with E-state index < -0.39 is 6.61 Å². The lowest BCUT2D eigenvalue weighted by molar-refractivity contribution is -0.122. The number of carbonyl (C=O) groups is 1. The van der Waals surface area contributed by atoms with Crippen LogP contribution in [0.5, 0.6) is 11.5 Å². The molecule has 2 aromatic carbocycles. The van der Waals surface area contributed by atoms with Crippen LogP contribution in [0.3, 0.4) is 0 Å². The normalized spacial score (nSPS) is 12.1. The number of rotatable bonds is 10. The fourth-order valence-electron chi connectivity index (χ4n) is 2.81. The van der Waals surface area contributed by atoms with E-state index >= 15 is 0 Å². The van der Waals surface area contributed by atoms with E-state index in [0.29, 0.717) is 13.0 Å². The van der Waals surface area contributed by atoms with Crippen molar-refractivity contribution in [3.63, 3.8) is 0 Å². The van der Waals surface area contributed by atoms with E-state index in [1.165, 1.54) is 13.2 Å². The molecule has 0 saturated heterocycles. The number of nitrogens with one attached hydrogen (secondary N) is 1. The minimum Gasteiger partial charge on any atom is -0.493 e. The number of carbonyl (C=O) groups excluding carboxylic acids is 1. The van der Waals surface area contributed by atoms with Crippen molar-refractivity contribution in [2.24, 2.45) is 0 Å². The first kappa shape index (κ1) is 21.6. The highest BCUT2D eigenvalue weighted by Gasteiger charge is 2.15. The molecular formula is C21H26F2N2O3. The van der Waals surface area contributed by atoms with Crippen molar-refractivity contribution in [2.75, 3.05) is 27.2 Å². The maximum Gasteiger partial charge on any atom is 0.387 e. The Labute approximate surface area is 164 Å². The molecule has 5 nitrogen and oxygen atoms in total. The first-order chi connectivity index (χ1) is 13.4. The van der Waals surface area contributed by atoms with Gasteiger partial charge in [0.15, 0.2) is 11.5 Å². The molecule has 0 saturated carbocycles. The zero-order valence-corrected chi connectivity index (χ0v) is 16.3. The van der Waals surface area contributed by atoms with Gasteiger partial charge in [0.25, 0.3) is 0 Å². The molecule has 0 aliphatic carbocycles. The molecule has 2 rings (SSSR count). The maximum absolute atomic E-state index is 12.4. The Hall–Kier alpha value is -2.67. The SMILES string of the molecule is COc1cc(CCNC(=O)CN(C)[C@@H](C)c2ccccc2)ccc1OC(F)F. The molecule has 0 radical (unpaired) electrons. The second kappa shape index (κ2) is 10.6. The van der Waals surface area contributed by atoms with E-state index in [1.807, 2.05) is 42.3 Å². The second-order valence-electron chi connectivity index (χ2n) is 6.47. The third kappa shape index (κ3) is 6.49. The van der Waals surface area contributed by atoms with Crippen molar-refractivity contribution in [3.8, 4) is 11.5 Å². The summed E-state index contributed by atoms with van der Waals surface area (Å²) in [5.41, 5.74) is 2.00. The second-order valence-corrected chi connectivity index (χ2v) is 6.47. The van der Waals surface area contributed by atoms with Gasteiger partial charge in [-0.2, -0.15) is 8.78 Å². The minimum atomic E-state index is -2.91. The van der Waals surface area contributed by atoms with Crippen molar-refractivity contribution >= 4 is 5.91 Å². The van der Waals surface area contributed by atoms with Crippen molar-refractivity contribution in [1.82, 2.24) is 10.2 Å². The van der Waals surface area contributed by atoms with Crippen LogP contribution in [0.25, 0.3) is 0 Å². The molecule has 0 aliphatic heterocycles. The van der Waals surface area contributed by atoms with Gasteiger partial charge < -0.3 is 14.8 Å². The number of ether oxygens (including phenoxy) is 2. The number of likely N-dealkylation sites (N-methyl/N-ethyl adjacent to an activating group) is 1. The van der Waals surface area contributed by atoms with Gasteiger partial charge in [-0.05, 0) is 43.7 Å². The molecule has 0 heterocycles. The summed E-state index contributed by atoms with van der Waals surface area (Å²) in [4.78, 5) is 14.2. The third-order valence-corrected chi connectivity index (χ3v) is 4.52. The Balaban J connectivity index is 1.81.